The lowest BCUT2D eigenvalue weighted by atomic mass is 9.81. The van der Waals surface area contributed by atoms with Crippen molar-refractivity contribution in [2.24, 2.45) is 5.92 Å². The number of hydrogen-bond donors (Lipinski definition) is 1. The van der Waals surface area contributed by atoms with Crippen molar-refractivity contribution < 1.29 is 4.79 Å². The number of carbonyl (C=O) groups excluding carboxylic acids is 1. The number of rotatable bonds is 2. The third-order valence-corrected chi connectivity index (χ3v) is 4.55. The van der Waals surface area contributed by atoms with Crippen LogP contribution in [0.5, 0.6) is 0 Å². The standard InChI is InChI=1S/C19H22N2O/c1-14-13-21(19(22)16-8-5-9-17(20)12-16)11-10-18(14)15-6-3-2-4-7-15/h2-9,12,14,18H,10-11,13,20H2,1H3. The summed E-state index contributed by atoms with van der Waals surface area (Å²) in [6.45, 7) is 3.83. The van der Waals surface area contributed by atoms with Gasteiger partial charge in [-0.3, -0.25) is 4.79 Å². The van der Waals surface area contributed by atoms with Crippen LogP contribution in [-0.4, -0.2) is 23.9 Å². The fourth-order valence-electron chi connectivity index (χ4n) is 3.38. The minimum absolute atomic E-state index is 0.0886. The largest absolute Gasteiger partial charge is 0.399 e. The maximum atomic E-state index is 12.6. The average Bonchev–Trinajstić information content (AvgIpc) is 2.55. The summed E-state index contributed by atoms with van der Waals surface area (Å²) in [6, 6.07) is 17.9. The monoisotopic (exact) mass is 294 g/mol. The number of hydrogen-bond acceptors (Lipinski definition) is 2. The molecule has 114 valence electrons. The summed E-state index contributed by atoms with van der Waals surface area (Å²) < 4.78 is 0. The van der Waals surface area contributed by atoms with Crippen molar-refractivity contribution in [1.29, 1.82) is 0 Å². The number of anilines is 1. The van der Waals surface area contributed by atoms with Gasteiger partial charge in [-0.15, -0.1) is 0 Å². The molecule has 1 fully saturated rings. The van der Waals surface area contributed by atoms with Gasteiger partial charge in [0.1, 0.15) is 0 Å². The zero-order chi connectivity index (χ0) is 15.5. The molecule has 2 aromatic carbocycles. The molecule has 1 heterocycles. The molecule has 0 aromatic heterocycles. The number of amides is 1. The molecule has 2 atom stereocenters. The highest BCUT2D eigenvalue weighted by molar-refractivity contribution is 5.95. The van der Waals surface area contributed by atoms with Gasteiger partial charge in [-0.05, 0) is 42.0 Å². The molecule has 0 bridgehead atoms. The molecular formula is C19H22N2O. The zero-order valence-electron chi connectivity index (χ0n) is 12.9. The molecule has 2 aromatic rings. The second-order valence-electron chi connectivity index (χ2n) is 6.16. The number of carbonyl (C=O) groups is 1. The smallest absolute Gasteiger partial charge is 0.253 e. The van der Waals surface area contributed by atoms with E-state index in [-0.39, 0.29) is 5.91 Å². The van der Waals surface area contributed by atoms with Crippen molar-refractivity contribution >= 4 is 11.6 Å². The summed E-state index contributed by atoms with van der Waals surface area (Å²) >= 11 is 0. The predicted molar refractivity (Wildman–Crippen MR) is 89.7 cm³/mol. The van der Waals surface area contributed by atoms with Gasteiger partial charge in [0.15, 0.2) is 0 Å². The van der Waals surface area contributed by atoms with Crippen LogP contribution in [0.25, 0.3) is 0 Å². The van der Waals surface area contributed by atoms with E-state index in [1.54, 1.807) is 12.1 Å². The van der Waals surface area contributed by atoms with Crippen LogP contribution >= 0.6 is 0 Å². The maximum absolute atomic E-state index is 12.6. The quantitative estimate of drug-likeness (QED) is 0.861. The number of piperidine rings is 1. The van der Waals surface area contributed by atoms with E-state index in [1.165, 1.54) is 5.56 Å². The SMILES string of the molecule is CC1CN(C(=O)c2cccc(N)c2)CCC1c1ccccc1. The van der Waals surface area contributed by atoms with Crippen LogP contribution in [-0.2, 0) is 0 Å². The van der Waals surface area contributed by atoms with Gasteiger partial charge >= 0.3 is 0 Å². The van der Waals surface area contributed by atoms with E-state index in [1.807, 2.05) is 23.1 Å². The Morgan fingerprint density at radius 2 is 1.91 bits per heavy atom. The minimum Gasteiger partial charge on any atom is -0.399 e. The van der Waals surface area contributed by atoms with Gasteiger partial charge in [0, 0.05) is 24.3 Å². The predicted octanol–water partition coefficient (Wildman–Crippen LogP) is 3.53. The molecule has 0 spiro atoms. The van der Waals surface area contributed by atoms with Crippen molar-refractivity contribution in [2.75, 3.05) is 18.8 Å². The lowest BCUT2D eigenvalue weighted by Crippen LogP contribution is -2.42. The van der Waals surface area contributed by atoms with Crippen molar-refractivity contribution in [3.63, 3.8) is 0 Å². The van der Waals surface area contributed by atoms with Gasteiger partial charge in [0.2, 0.25) is 0 Å². The second kappa shape index (κ2) is 6.22. The molecule has 2 N–H and O–H groups in total. The van der Waals surface area contributed by atoms with Crippen LogP contribution in [0.15, 0.2) is 54.6 Å². The van der Waals surface area contributed by atoms with Crippen LogP contribution in [0.3, 0.4) is 0 Å². The summed E-state index contributed by atoms with van der Waals surface area (Å²) in [5, 5.41) is 0. The van der Waals surface area contributed by atoms with Crippen molar-refractivity contribution in [2.45, 2.75) is 19.3 Å². The Hall–Kier alpha value is -2.29. The molecule has 0 radical (unpaired) electrons. The van der Waals surface area contributed by atoms with Crippen molar-refractivity contribution in [3.8, 4) is 0 Å². The summed E-state index contributed by atoms with van der Waals surface area (Å²) in [4.78, 5) is 14.6. The zero-order valence-corrected chi connectivity index (χ0v) is 12.9. The van der Waals surface area contributed by atoms with Crippen molar-refractivity contribution in [3.05, 3.63) is 65.7 Å². The molecule has 3 nitrogen and oxygen atoms in total. The van der Waals surface area contributed by atoms with Gasteiger partial charge in [-0.1, -0.05) is 43.3 Å². The minimum atomic E-state index is 0.0886. The van der Waals surface area contributed by atoms with Crippen LogP contribution < -0.4 is 5.73 Å². The maximum Gasteiger partial charge on any atom is 0.253 e. The normalized spacial score (nSPS) is 21.6. The molecule has 1 aliphatic heterocycles. The molecule has 1 aliphatic rings. The second-order valence-corrected chi connectivity index (χ2v) is 6.16. The fourth-order valence-corrected chi connectivity index (χ4v) is 3.38. The molecule has 2 unspecified atom stereocenters. The lowest BCUT2D eigenvalue weighted by Gasteiger charge is -2.37. The van der Waals surface area contributed by atoms with E-state index < -0.39 is 0 Å². The van der Waals surface area contributed by atoms with E-state index in [9.17, 15) is 4.79 Å². The summed E-state index contributed by atoms with van der Waals surface area (Å²) in [5.41, 5.74) is 8.48. The molecule has 3 heteroatoms. The fraction of sp³-hybridized carbons (Fsp3) is 0.316. The topological polar surface area (TPSA) is 46.3 Å². The average molecular weight is 294 g/mol. The highest BCUT2D eigenvalue weighted by Gasteiger charge is 2.29. The highest BCUT2D eigenvalue weighted by atomic mass is 16.2. The highest BCUT2D eigenvalue weighted by Crippen LogP contribution is 2.33. The van der Waals surface area contributed by atoms with E-state index in [2.05, 4.69) is 31.2 Å². The Bertz CT molecular complexity index is 653. The Kier molecular flexibility index (Phi) is 4.14. The molecule has 0 saturated carbocycles. The summed E-state index contributed by atoms with van der Waals surface area (Å²) in [5.74, 6) is 1.08. The van der Waals surface area contributed by atoms with E-state index in [0.29, 0.717) is 23.1 Å². The molecule has 0 aliphatic carbocycles. The number of nitrogens with zero attached hydrogens (tertiary/aromatic N) is 1. The van der Waals surface area contributed by atoms with E-state index >= 15 is 0 Å². The first kappa shape index (κ1) is 14.6. The van der Waals surface area contributed by atoms with Crippen LogP contribution in [0, 0.1) is 5.92 Å². The molecule has 22 heavy (non-hydrogen) atoms. The van der Waals surface area contributed by atoms with Crippen LogP contribution in [0.1, 0.15) is 35.2 Å². The Morgan fingerprint density at radius 3 is 2.59 bits per heavy atom. The number of likely N-dealkylation sites (tertiary alicyclic amines) is 1. The Morgan fingerprint density at radius 1 is 1.14 bits per heavy atom. The lowest BCUT2D eigenvalue weighted by molar-refractivity contribution is 0.0661. The Labute approximate surface area is 131 Å². The third kappa shape index (κ3) is 2.98. The van der Waals surface area contributed by atoms with E-state index in [0.717, 1.165) is 19.5 Å². The van der Waals surface area contributed by atoms with Crippen LogP contribution in [0.4, 0.5) is 5.69 Å². The van der Waals surface area contributed by atoms with Gasteiger partial charge < -0.3 is 10.6 Å². The molecule has 1 saturated heterocycles. The third-order valence-electron chi connectivity index (χ3n) is 4.55. The first-order chi connectivity index (χ1) is 10.6. The first-order valence-electron chi connectivity index (χ1n) is 7.85. The van der Waals surface area contributed by atoms with Gasteiger partial charge in [-0.25, -0.2) is 0 Å². The van der Waals surface area contributed by atoms with E-state index in [4.69, 9.17) is 5.73 Å². The number of nitrogens with two attached hydrogens (primary N) is 1. The number of benzene rings is 2. The molecular weight excluding hydrogens is 272 g/mol. The number of nitrogen functional groups attached to an aromatic ring is 1. The van der Waals surface area contributed by atoms with Crippen molar-refractivity contribution in [1.82, 2.24) is 4.90 Å². The first-order valence-corrected chi connectivity index (χ1v) is 7.85. The summed E-state index contributed by atoms with van der Waals surface area (Å²) in [6.07, 6.45) is 1.01. The molecule has 3 rings (SSSR count). The Balaban J connectivity index is 1.71. The van der Waals surface area contributed by atoms with Gasteiger partial charge in [0.05, 0.1) is 0 Å². The molecule has 1 amide bonds. The summed E-state index contributed by atoms with van der Waals surface area (Å²) in [7, 11) is 0. The van der Waals surface area contributed by atoms with Gasteiger partial charge in [0.25, 0.3) is 5.91 Å². The van der Waals surface area contributed by atoms with Crippen LogP contribution in [0.2, 0.25) is 0 Å². The van der Waals surface area contributed by atoms with Gasteiger partial charge in [-0.2, -0.15) is 0 Å².